The molecule has 0 unspecified atom stereocenters. The molecule has 0 saturated heterocycles. The summed E-state index contributed by atoms with van der Waals surface area (Å²) in [5.74, 6) is -1.10. The van der Waals surface area contributed by atoms with Gasteiger partial charge in [0, 0.05) is 6.42 Å². The number of carbonyl (C=O) groups excluding carboxylic acids is 1. The molecule has 0 radical (unpaired) electrons. The van der Waals surface area contributed by atoms with Gasteiger partial charge in [0.1, 0.15) is 0 Å². The first-order chi connectivity index (χ1) is 9.92. The molecule has 0 spiro atoms. The fraction of sp³-hybridized carbons (Fsp3) is 0.467. The van der Waals surface area contributed by atoms with Crippen molar-refractivity contribution in [1.82, 2.24) is 0 Å². The van der Waals surface area contributed by atoms with Crippen LogP contribution in [0.25, 0.3) is 0 Å². The summed E-state index contributed by atoms with van der Waals surface area (Å²) in [6, 6.07) is 4.99. The first-order valence-corrected chi connectivity index (χ1v) is 7.63. The Morgan fingerprint density at radius 2 is 1.71 bits per heavy atom. The van der Waals surface area contributed by atoms with E-state index in [1.165, 1.54) is 0 Å². The van der Waals surface area contributed by atoms with Crippen molar-refractivity contribution in [1.29, 1.82) is 0 Å². The van der Waals surface area contributed by atoms with Gasteiger partial charge in [-0.2, -0.15) is 0 Å². The van der Waals surface area contributed by atoms with Crippen LogP contribution in [0.2, 0.25) is 10.0 Å². The molecule has 1 aromatic carbocycles. The number of hydrogen-bond acceptors (Lipinski definition) is 2. The van der Waals surface area contributed by atoms with Crippen LogP contribution in [0.1, 0.15) is 38.5 Å². The summed E-state index contributed by atoms with van der Waals surface area (Å²) in [6.07, 6.45) is 3.67. The number of hydrogen-bond donors (Lipinski definition) is 2. The number of para-hydroxylation sites is 1. The van der Waals surface area contributed by atoms with Crippen molar-refractivity contribution < 1.29 is 14.7 Å². The van der Waals surface area contributed by atoms with Crippen molar-refractivity contribution in [2.24, 2.45) is 5.41 Å². The lowest BCUT2D eigenvalue weighted by Gasteiger charge is -2.26. The number of halogens is 2. The van der Waals surface area contributed by atoms with Gasteiger partial charge in [-0.3, -0.25) is 9.59 Å². The van der Waals surface area contributed by atoms with Crippen LogP contribution in [0, 0.1) is 5.41 Å². The van der Waals surface area contributed by atoms with E-state index in [9.17, 15) is 9.59 Å². The van der Waals surface area contributed by atoms with E-state index in [-0.39, 0.29) is 18.7 Å². The Hall–Kier alpha value is -1.26. The first-order valence-electron chi connectivity index (χ1n) is 6.88. The molecular weight excluding hydrogens is 313 g/mol. The predicted molar refractivity (Wildman–Crippen MR) is 82.9 cm³/mol. The van der Waals surface area contributed by atoms with Gasteiger partial charge in [0.2, 0.25) is 5.91 Å². The lowest BCUT2D eigenvalue weighted by molar-refractivity contribution is -0.140. The molecule has 1 aliphatic rings. The molecule has 2 N–H and O–H groups in total. The zero-order valence-corrected chi connectivity index (χ0v) is 13.0. The van der Waals surface area contributed by atoms with Gasteiger partial charge in [0.25, 0.3) is 0 Å². The summed E-state index contributed by atoms with van der Waals surface area (Å²) in [4.78, 5) is 23.3. The molecule has 6 heteroatoms. The van der Waals surface area contributed by atoms with E-state index in [0.717, 1.165) is 25.7 Å². The molecule has 0 aromatic heterocycles. The van der Waals surface area contributed by atoms with E-state index in [4.69, 9.17) is 28.3 Å². The lowest BCUT2D eigenvalue weighted by atomic mass is 9.79. The van der Waals surface area contributed by atoms with E-state index in [0.29, 0.717) is 15.7 Å². The first kappa shape index (κ1) is 16.1. The number of carbonyl (C=O) groups is 2. The molecule has 1 saturated carbocycles. The van der Waals surface area contributed by atoms with Gasteiger partial charge in [-0.25, -0.2) is 0 Å². The van der Waals surface area contributed by atoms with Gasteiger partial charge in [0.15, 0.2) is 0 Å². The highest BCUT2D eigenvalue weighted by Crippen LogP contribution is 2.44. The number of aliphatic carboxylic acids is 1. The summed E-state index contributed by atoms with van der Waals surface area (Å²) in [5.41, 5.74) is -0.0572. The van der Waals surface area contributed by atoms with Crippen LogP contribution in [-0.4, -0.2) is 17.0 Å². The Morgan fingerprint density at radius 3 is 2.24 bits per heavy atom. The quantitative estimate of drug-likeness (QED) is 0.843. The highest BCUT2D eigenvalue weighted by molar-refractivity contribution is 6.39. The van der Waals surface area contributed by atoms with Crippen molar-refractivity contribution in [3.8, 4) is 0 Å². The molecule has 0 atom stereocenters. The maximum absolute atomic E-state index is 12.2. The van der Waals surface area contributed by atoms with Crippen LogP contribution in [0.5, 0.6) is 0 Å². The molecule has 114 valence electrons. The van der Waals surface area contributed by atoms with Gasteiger partial charge in [0.05, 0.1) is 22.2 Å². The van der Waals surface area contributed by atoms with E-state index >= 15 is 0 Å². The Bertz CT molecular complexity index is 534. The molecule has 1 aliphatic carbocycles. The Labute approximate surface area is 133 Å². The van der Waals surface area contributed by atoms with Crippen molar-refractivity contribution in [3.05, 3.63) is 28.2 Å². The van der Waals surface area contributed by atoms with Crippen molar-refractivity contribution in [2.75, 3.05) is 5.32 Å². The molecule has 1 fully saturated rings. The number of amides is 1. The molecule has 1 aromatic rings. The number of anilines is 1. The largest absolute Gasteiger partial charge is 0.481 e. The van der Waals surface area contributed by atoms with Gasteiger partial charge < -0.3 is 10.4 Å². The minimum Gasteiger partial charge on any atom is -0.481 e. The van der Waals surface area contributed by atoms with E-state index in [2.05, 4.69) is 5.32 Å². The minimum absolute atomic E-state index is 0.0245. The maximum Gasteiger partial charge on any atom is 0.303 e. The second-order valence-electron chi connectivity index (χ2n) is 5.60. The fourth-order valence-corrected chi connectivity index (χ4v) is 3.50. The summed E-state index contributed by atoms with van der Waals surface area (Å²) < 4.78 is 0. The van der Waals surface area contributed by atoms with Crippen molar-refractivity contribution in [2.45, 2.75) is 38.5 Å². The molecule has 0 heterocycles. The molecular formula is C15H17Cl2NO3. The SMILES string of the molecule is O=C(O)CC1(CC(=O)Nc2c(Cl)cccc2Cl)CCCC1. The monoisotopic (exact) mass is 329 g/mol. The number of nitrogens with one attached hydrogen (secondary N) is 1. The van der Waals surface area contributed by atoms with E-state index in [1.807, 2.05) is 0 Å². The van der Waals surface area contributed by atoms with Gasteiger partial charge in [-0.15, -0.1) is 0 Å². The van der Waals surface area contributed by atoms with Crippen LogP contribution in [0.15, 0.2) is 18.2 Å². The number of rotatable bonds is 5. The second-order valence-corrected chi connectivity index (χ2v) is 6.41. The third-order valence-electron chi connectivity index (χ3n) is 3.95. The maximum atomic E-state index is 12.2. The molecule has 0 aliphatic heterocycles. The highest BCUT2D eigenvalue weighted by Gasteiger charge is 2.38. The number of carboxylic acids is 1. The zero-order valence-electron chi connectivity index (χ0n) is 11.5. The zero-order chi connectivity index (χ0) is 15.5. The standard InChI is InChI=1S/C15H17Cl2NO3/c16-10-4-3-5-11(17)14(10)18-12(19)8-15(9-13(20)21)6-1-2-7-15/h3-5H,1-2,6-9H2,(H,18,19)(H,20,21). The summed E-state index contributed by atoms with van der Waals surface area (Å²) in [5, 5.41) is 12.5. The Kier molecular flexibility index (Phi) is 5.12. The minimum atomic E-state index is -0.861. The number of benzene rings is 1. The van der Waals surface area contributed by atoms with E-state index in [1.54, 1.807) is 18.2 Å². The highest BCUT2D eigenvalue weighted by atomic mass is 35.5. The molecule has 0 bridgehead atoms. The smallest absolute Gasteiger partial charge is 0.303 e. The summed E-state index contributed by atoms with van der Waals surface area (Å²) in [6.45, 7) is 0. The summed E-state index contributed by atoms with van der Waals surface area (Å²) in [7, 11) is 0. The number of carboxylic acid groups (broad SMARTS) is 1. The van der Waals surface area contributed by atoms with Crippen LogP contribution >= 0.6 is 23.2 Å². The fourth-order valence-electron chi connectivity index (χ4n) is 3.00. The van der Waals surface area contributed by atoms with Crippen LogP contribution in [0.4, 0.5) is 5.69 Å². The predicted octanol–water partition coefficient (Wildman–Crippen LogP) is 4.36. The lowest BCUT2D eigenvalue weighted by Crippen LogP contribution is -2.27. The van der Waals surface area contributed by atoms with Crippen molar-refractivity contribution >= 4 is 40.8 Å². The third-order valence-corrected chi connectivity index (χ3v) is 4.58. The second kappa shape index (κ2) is 6.67. The molecule has 21 heavy (non-hydrogen) atoms. The summed E-state index contributed by atoms with van der Waals surface area (Å²) >= 11 is 12.0. The van der Waals surface area contributed by atoms with Gasteiger partial charge >= 0.3 is 5.97 Å². The van der Waals surface area contributed by atoms with E-state index < -0.39 is 11.4 Å². The average Bonchev–Trinajstić information content (AvgIpc) is 2.81. The normalized spacial score (nSPS) is 16.7. The molecule has 2 rings (SSSR count). The van der Waals surface area contributed by atoms with Crippen LogP contribution in [-0.2, 0) is 9.59 Å². The average molecular weight is 330 g/mol. The Morgan fingerprint density at radius 1 is 1.14 bits per heavy atom. The third kappa shape index (κ3) is 4.11. The van der Waals surface area contributed by atoms with Crippen molar-refractivity contribution in [3.63, 3.8) is 0 Å². The van der Waals surface area contributed by atoms with Gasteiger partial charge in [-0.1, -0.05) is 42.1 Å². The van der Waals surface area contributed by atoms with Gasteiger partial charge in [-0.05, 0) is 30.4 Å². The molecule has 4 nitrogen and oxygen atoms in total. The van der Waals surface area contributed by atoms with Crippen LogP contribution < -0.4 is 5.32 Å². The van der Waals surface area contributed by atoms with Crippen LogP contribution in [0.3, 0.4) is 0 Å². The topological polar surface area (TPSA) is 66.4 Å². The Balaban J connectivity index is 2.08. The molecule has 1 amide bonds.